The Bertz CT molecular complexity index is 609. The molecule has 0 unspecified atom stereocenters. The third kappa shape index (κ3) is 3.27. The summed E-state index contributed by atoms with van der Waals surface area (Å²) in [6.07, 6.45) is 0. The van der Waals surface area contributed by atoms with Crippen LogP contribution in [-0.2, 0) is 5.75 Å². The van der Waals surface area contributed by atoms with Crippen molar-refractivity contribution in [2.24, 2.45) is 10.9 Å². The highest BCUT2D eigenvalue weighted by Crippen LogP contribution is 2.29. The van der Waals surface area contributed by atoms with E-state index in [0.717, 1.165) is 29.5 Å². The zero-order chi connectivity index (χ0) is 14.5. The van der Waals surface area contributed by atoms with Gasteiger partial charge < -0.3 is 10.9 Å². The molecule has 0 amide bonds. The molecule has 0 aliphatic heterocycles. The van der Waals surface area contributed by atoms with Crippen LogP contribution in [0.3, 0.4) is 0 Å². The van der Waals surface area contributed by atoms with Crippen LogP contribution < -0.4 is 5.73 Å². The second kappa shape index (κ2) is 6.38. The van der Waals surface area contributed by atoms with Gasteiger partial charge in [-0.3, -0.25) is 0 Å². The van der Waals surface area contributed by atoms with Crippen LogP contribution in [0.1, 0.15) is 11.1 Å². The molecule has 0 fully saturated rings. The first kappa shape index (κ1) is 14.3. The van der Waals surface area contributed by atoms with Gasteiger partial charge in [0.05, 0.1) is 4.90 Å². The first-order valence-electron chi connectivity index (χ1n) is 5.75. The van der Waals surface area contributed by atoms with E-state index in [2.05, 4.69) is 5.16 Å². The molecule has 0 saturated heterocycles. The van der Waals surface area contributed by atoms with E-state index in [1.165, 1.54) is 0 Å². The number of nitrogens with two attached hydrogens (primary N) is 1. The highest BCUT2D eigenvalue weighted by Gasteiger charge is 2.13. The van der Waals surface area contributed by atoms with Crippen molar-refractivity contribution in [1.82, 2.24) is 0 Å². The van der Waals surface area contributed by atoms with Crippen molar-refractivity contribution in [1.29, 1.82) is 0 Å². The molecule has 3 nitrogen and oxygen atoms in total. The third-order valence-corrected chi connectivity index (χ3v) is 3.78. The molecule has 0 aliphatic carbocycles. The quantitative estimate of drug-likeness (QED) is 0.299. The Labute approximate surface area is 119 Å². The van der Waals surface area contributed by atoms with Gasteiger partial charge >= 0.3 is 0 Å². The molecule has 104 valence electrons. The predicted octanol–water partition coefficient (Wildman–Crippen LogP) is 3.35. The van der Waals surface area contributed by atoms with Crippen molar-refractivity contribution < 1.29 is 14.0 Å². The summed E-state index contributed by atoms with van der Waals surface area (Å²) in [5.41, 5.74) is 6.28. The molecule has 0 aromatic heterocycles. The number of benzene rings is 2. The molecule has 2 aromatic carbocycles. The summed E-state index contributed by atoms with van der Waals surface area (Å²) >= 11 is 1.06. The molecule has 2 rings (SSSR count). The van der Waals surface area contributed by atoms with E-state index >= 15 is 0 Å². The normalized spacial score (nSPS) is 11.6. The Morgan fingerprint density at radius 2 is 1.75 bits per heavy atom. The van der Waals surface area contributed by atoms with E-state index in [4.69, 9.17) is 10.9 Å². The lowest BCUT2D eigenvalue weighted by Crippen LogP contribution is -2.14. The van der Waals surface area contributed by atoms with Crippen LogP contribution in [0, 0.1) is 11.6 Å². The van der Waals surface area contributed by atoms with Crippen molar-refractivity contribution in [2.45, 2.75) is 10.6 Å². The lowest BCUT2D eigenvalue weighted by atomic mass is 10.2. The highest BCUT2D eigenvalue weighted by atomic mass is 32.2. The average Bonchev–Trinajstić information content (AvgIpc) is 2.46. The van der Waals surface area contributed by atoms with Gasteiger partial charge in [0, 0.05) is 11.3 Å². The van der Waals surface area contributed by atoms with Gasteiger partial charge in [-0.05, 0) is 17.7 Å². The molecule has 20 heavy (non-hydrogen) atoms. The zero-order valence-corrected chi connectivity index (χ0v) is 11.2. The maximum Gasteiger partial charge on any atom is 0.170 e. The minimum absolute atomic E-state index is 0.00608. The Kier molecular flexibility index (Phi) is 4.57. The Hall–Kier alpha value is -2.08. The summed E-state index contributed by atoms with van der Waals surface area (Å²) in [5, 5.41) is 11.2. The van der Waals surface area contributed by atoms with Gasteiger partial charge in [0.25, 0.3) is 0 Å². The number of nitrogens with zero attached hydrogens (tertiary/aromatic N) is 1. The fraction of sp³-hybridized carbons (Fsp3) is 0.0714. The fourth-order valence-corrected chi connectivity index (χ4v) is 2.53. The maximum absolute atomic E-state index is 13.9. The van der Waals surface area contributed by atoms with Gasteiger partial charge in [-0.15, -0.1) is 11.8 Å². The third-order valence-electron chi connectivity index (χ3n) is 2.63. The van der Waals surface area contributed by atoms with Crippen molar-refractivity contribution in [2.75, 3.05) is 0 Å². The minimum atomic E-state index is -0.729. The lowest BCUT2D eigenvalue weighted by molar-refractivity contribution is 0.318. The van der Waals surface area contributed by atoms with Crippen molar-refractivity contribution in [3.05, 3.63) is 65.2 Å². The van der Waals surface area contributed by atoms with Gasteiger partial charge in [-0.2, -0.15) is 0 Å². The molecule has 0 spiro atoms. The molecule has 6 heteroatoms. The van der Waals surface area contributed by atoms with Crippen LogP contribution in [0.2, 0.25) is 0 Å². The lowest BCUT2D eigenvalue weighted by Gasteiger charge is -2.07. The van der Waals surface area contributed by atoms with E-state index in [1.807, 2.05) is 30.3 Å². The van der Waals surface area contributed by atoms with Crippen LogP contribution in [0.4, 0.5) is 8.78 Å². The Balaban J connectivity index is 2.21. The largest absolute Gasteiger partial charge is 0.409 e. The number of thioether (sulfide) groups is 1. The standard InChI is InChI=1S/C14H12F2N2OS/c15-11-6-10(14(17)18-19)7-12(16)13(11)20-8-9-4-2-1-3-5-9/h1-7,19H,8H2,(H2,17,18). The van der Waals surface area contributed by atoms with Gasteiger partial charge in [-0.25, -0.2) is 8.78 Å². The van der Waals surface area contributed by atoms with E-state index < -0.39 is 11.6 Å². The topological polar surface area (TPSA) is 58.6 Å². The molecule has 0 saturated carbocycles. The van der Waals surface area contributed by atoms with Gasteiger partial charge in [0.2, 0.25) is 0 Å². The molecule has 0 radical (unpaired) electrons. The Morgan fingerprint density at radius 3 is 2.30 bits per heavy atom. The van der Waals surface area contributed by atoms with Crippen molar-refractivity contribution in [3.8, 4) is 0 Å². The fourth-order valence-electron chi connectivity index (χ4n) is 1.63. The SMILES string of the molecule is N/C(=N/O)c1cc(F)c(SCc2ccccc2)c(F)c1. The molecular formula is C14H12F2N2OS. The second-order valence-corrected chi connectivity index (χ2v) is 5.01. The summed E-state index contributed by atoms with van der Waals surface area (Å²) in [4.78, 5) is -0.0802. The molecular weight excluding hydrogens is 282 g/mol. The summed E-state index contributed by atoms with van der Waals surface area (Å²) in [6, 6.07) is 11.5. The van der Waals surface area contributed by atoms with Crippen molar-refractivity contribution in [3.63, 3.8) is 0 Å². The molecule has 0 bridgehead atoms. The number of oxime groups is 1. The summed E-state index contributed by atoms with van der Waals surface area (Å²) in [6.45, 7) is 0. The molecule has 3 N–H and O–H groups in total. The summed E-state index contributed by atoms with van der Waals surface area (Å²) < 4.78 is 27.7. The van der Waals surface area contributed by atoms with E-state index in [9.17, 15) is 8.78 Å². The first-order chi connectivity index (χ1) is 9.61. The number of hydrogen-bond donors (Lipinski definition) is 2. The molecule has 0 atom stereocenters. The van der Waals surface area contributed by atoms with Crippen LogP contribution >= 0.6 is 11.8 Å². The Morgan fingerprint density at radius 1 is 1.15 bits per heavy atom. The van der Waals surface area contributed by atoms with E-state index in [-0.39, 0.29) is 16.3 Å². The van der Waals surface area contributed by atoms with Crippen LogP contribution in [0.5, 0.6) is 0 Å². The van der Waals surface area contributed by atoms with E-state index in [0.29, 0.717) is 5.75 Å². The first-order valence-corrected chi connectivity index (χ1v) is 6.74. The number of rotatable bonds is 4. The zero-order valence-electron chi connectivity index (χ0n) is 10.4. The highest BCUT2D eigenvalue weighted by molar-refractivity contribution is 7.98. The van der Waals surface area contributed by atoms with Crippen LogP contribution in [0.25, 0.3) is 0 Å². The predicted molar refractivity (Wildman–Crippen MR) is 74.9 cm³/mol. The number of halogens is 2. The number of hydrogen-bond acceptors (Lipinski definition) is 3. The average molecular weight is 294 g/mol. The second-order valence-electron chi connectivity index (χ2n) is 4.03. The monoisotopic (exact) mass is 294 g/mol. The van der Waals surface area contributed by atoms with Crippen LogP contribution in [-0.4, -0.2) is 11.0 Å². The summed E-state index contributed by atoms with van der Waals surface area (Å²) in [5.74, 6) is -1.33. The van der Waals surface area contributed by atoms with E-state index in [1.54, 1.807) is 0 Å². The maximum atomic E-state index is 13.9. The smallest absolute Gasteiger partial charge is 0.170 e. The summed E-state index contributed by atoms with van der Waals surface area (Å²) in [7, 11) is 0. The van der Waals surface area contributed by atoms with Crippen LogP contribution in [0.15, 0.2) is 52.5 Å². The van der Waals surface area contributed by atoms with Gasteiger partial charge in [-0.1, -0.05) is 35.5 Å². The minimum Gasteiger partial charge on any atom is -0.409 e. The van der Waals surface area contributed by atoms with Gasteiger partial charge in [0.15, 0.2) is 5.84 Å². The van der Waals surface area contributed by atoms with Crippen molar-refractivity contribution >= 4 is 17.6 Å². The van der Waals surface area contributed by atoms with Gasteiger partial charge in [0.1, 0.15) is 11.6 Å². The molecule has 0 heterocycles. The molecule has 0 aliphatic rings. The number of amidine groups is 1. The molecule has 2 aromatic rings.